The van der Waals surface area contributed by atoms with E-state index < -0.39 is 0 Å². The van der Waals surface area contributed by atoms with Crippen molar-refractivity contribution >= 4 is 17.2 Å². The number of nitrogens with zero attached hydrogens (tertiary/aromatic N) is 1. The van der Waals surface area contributed by atoms with Crippen molar-refractivity contribution in [3.05, 3.63) is 21.4 Å². The molecule has 2 saturated heterocycles. The van der Waals surface area contributed by atoms with Gasteiger partial charge in [-0.25, -0.2) is 0 Å². The molecule has 2 bridgehead atoms. The lowest BCUT2D eigenvalue weighted by Crippen LogP contribution is -2.47. The molecule has 2 fully saturated rings. The first-order chi connectivity index (χ1) is 10.1. The minimum atomic E-state index is -0.205. The van der Waals surface area contributed by atoms with Gasteiger partial charge in [-0.2, -0.15) is 0 Å². The van der Waals surface area contributed by atoms with Gasteiger partial charge in [-0.3, -0.25) is 4.79 Å². The number of amides is 1. The topological polar surface area (TPSA) is 40.5 Å². The molecular weight excluding hydrogens is 282 g/mol. The molecule has 114 valence electrons. The standard InChI is InChI=1S/C17H23NO2S/c1-10-2-5-15-11(6-10)7-16(21-15)17(20)18-12-3-4-13(18)9-14(19)8-12/h7,10,12-14,19H,2-6,8-9H2,1H3. The third-order valence-electron chi connectivity index (χ3n) is 5.48. The average molecular weight is 305 g/mol. The summed E-state index contributed by atoms with van der Waals surface area (Å²) in [6.07, 6.45) is 6.98. The van der Waals surface area contributed by atoms with Gasteiger partial charge in [0.15, 0.2) is 0 Å². The van der Waals surface area contributed by atoms with E-state index in [1.807, 2.05) is 0 Å². The van der Waals surface area contributed by atoms with E-state index in [1.165, 1.54) is 16.9 Å². The number of fused-ring (bicyclic) bond motifs is 3. The van der Waals surface area contributed by atoms with Crippen LogP contribution in [0.1, 0.15) is 59.1 Å². The Morgan fingerprint density at radius 2 is 2.00 bits per heavy atom. The molecular formula is C17H23NO2S. The smallest absolute Gasteiger partial charge is 0.264 e. The lowest BCUT2D eigenvalue weighted by Gasteiger charge is -2.36. The highest BCUT2D eigenvalue weighted by atomic mass is 32.1. The largest absolute Gasteiger partial charge is 0.393 e. The highest BCUT2D eigenvalue weighted by molar-refractivity contribution is 7.14. The first kappa shape index (κ1) is 13.8. The SMILES string of the molecule is CC1CCc2sc(C(=O)N3C4CCC3CC(O)C4)cc2C1. The summed E-state index contributed by atoms with van der Waals surface area (Å²) in [6, 6.07) is 2.69. The van der Waals surface area contributed by atoms with Gasteiger partial charge in [-0.05, 0) is 62.5 Å². The van der Waals surface area contributed by atoms with Crippen LogP contribution in [0, 0.1) is 5.92 Å². The van der Waals surface area contributed by atoms with Crippen molar-refractivity contribution in [1.29, 1.82) is 0 Å². The summed E-state index contributed by atoms with van der Waals surface area (Å²) in [4.78, 5) is 17.4. The van der Waals surface area contributed by atoms with E-state index in [0.29, 0.717) is 0 Å². The van der Waals surface area contributed by atoms with Crippen molar-refractivity contribution in [3.8, 4) is 0 Å². The van der Waals surface area contributed by atoms with Gasteiger partial charge in [0.2, 0.25) is 0 Å². The number of hydrogen-bond donors (Lipinski definition) is 1. The molecule has 1 aromatic rings. The van der Waals surface area contributed by atoms with Crippen LogP contribution in [0.3, 0.4) is 0 Å². The Kier molecular flexibility index (Phi) is 3.34. The van der Waals surface area contributed by atoms with Crippen molar-refractivity contribution in [3.63, 3.8) is 0 Å². The van der Waals surface area contributed by atoms with Gasteiger partial charge in [0.05, 0.1) is 11.0 Å². The van der Waals surface area contributed by atoms with E-state index in [0.717, 1.165) is 49.3 Å². The zero-order valence-corrected chi connectivity index (χ0v) is 13.4. The molecule has 3 nitrogen and oxygen atoms in total. The highest BCUT2D eigenvalue weighted by Gasteiger charge is 2.43. The van der Waals surface area contributed by atoms with Crippen LogP contribution in [-0.2, 0) is 12.8 Å². The van der Waals surface area contributed by atoms with Gasteiger partial charge in [0, 0.05) is 17.0 Å². The van der Waals surface area contributed by atoms with Crippen molar-refractivity contribution in [1.82, 2.24) is 4.90 Å². The molecule has 4 heteroatoms. The second-order valence-electron chi connectivity index (χ2n) is 7.13. The van der Waals surface area contributed by atoms with Gasteiger partial charge < -0.3 is 10.0 Å². The molecule has 3 atom stereocenters. The second-order valence-corrected chi connectivity index (χ2v) is 8.27. The van der Waals surface area contributed by atoms with Crippen molar-refractivity contribution in [2.45, 2.75) is 70.1 Å². The first-order valence-electron chi connectivity index (χ1n) is 8.24. The molecule has 0 spiro atoms. The van der Waals surface area contributed by atoms with Crippen molar-refractivity contribution in [2.24, 2.45) is 5.92 Å². The summed E-state index contributed by atoms with van der Waals surface area (Å²) in [7, 11) is 0. The van der Waals surface area contributed by atoms with Crippen LogP contribution in [0.5, 0.6) is 0 Å². The molecule has 2 aliphatic heterocycles. The van der Waals surface area contributed by atoms with Crippen molar-refractivity contribution in [2.75, 3.05) is 0 Å². The predicted molar refractivity (Wildman–Crippen MR) is 83.7 cm³/mol. The monoisotopic (exact) mass is 305 g/mol. The number of aliphatic hydroxyl groups excluding tert-OH is 1. The molecule has 4 rings (SSSR count). The maximum Gasteiger partial charge on any atom is 0.264 e. The van der Waals surface area contributed by atoms with E-state index in [2.05, 4.69) is 17.9 Å². The molecule has 1 aliphatic carbocycles. The fourth-order valence-corrected chi connectivity index (χ4v) is 5.57. The van der Waals surface area contributed by atoms with Gasteiger partial charge in [-0.1, -0.05) is 6.92 Å². The molecule has 1 aromatic heterocycles. The minimum absolute atomic E-state index is 0.205. The quantitative estimate of drug-likeness (QED) is 0.866. The molecule has 0 saturated carbocycles. The number of aryl methyl sites for hydroxylation is 1. The lowest BCUT2D eigenvalue weighted by atomic mass is 9.90. The first-order valence-corrected chi connectivity index (χ1v) is 9.05. The maximum absolute atomic E-state index is 12.9. The molecule has 0 radical (unpaired) electrons. The molecule has 3 heterocycles. The summed E-state index contributed by atoms with van der Waals surface area (Å²) in [5, 5.41) is 9.89. The van der Waals surface area contributed by atoms with E-state index in [-0.39, 0.29) is 24.1 Å². The van der Waals surface area contributed by atoms with Gasteiger partial charge in [-0.15, -0.1) is 11.3 Å². The number of hydrogen-bond acceptors (Lipinski definition) is 3. The summed E-state index contributed by atoms with van der Waals surface area (Å²) < 4.78 is 0. The summed E-state index contributed by atoms with van der Waals surface area (Å²) in [5.74, 6) is 0.970. The zero-order valence-electron chi connectivity index (χ0n) is 12.5. The van der Waals surface area contributed by atoms with Crippen LogP contribution < -0.4 is 0 Å². The Morgan fingerprint density at radius 3 is 2.71 bits per heavy atom. The number of carbonyl (C=O) groups is 1. The van der Waals surface area contributed by atoms with Crippen LogP contribution in [0.15, 0.2) is 6.07 Å². The van der Waals surface area contributed by atoms with E-state index >= 15 is 0 Å². The normalized spacial score (nSPS) is 34.9. The summed E-state index contributed by atoms with van der Waals surface area (Å²) >= 11 is 1.72. The van der Waals surface area contributed by atoms with Gasteiger partial charge in [0.1, 0.15) is 0 Å². The Balaban J connectivity index is 1.58. The molecule has 1 amide bonds. The van der Waals surface area contributed by atoms with Crippen LogP contribution >= 0.6 is 11.3 Å². The zero-order chi connectivity index (χ0) is 14.6. The fourth-order valence-electron chi connectivity index (χ4n) is 4.42. The Bertz CT molecular complexity index is 553. The number of rotatable bonds is 1. The van der Waals surface area contributed by atoms with Crippen LogP contribution in [0.25, 0.3) is 0 Å². The van der Waals surface area contributed by atoms with E-state index in [1.54, 1.807) is 11.3 Å². The highest BCUT2D eigenvalue weighted by Crippen LogP contribution is 2.39. The maximum atomic E-state index is 12.9. The third kappa shape index (κ3) is 2.33. The van der Waals surface area contributed by atoms with Crippen molar-refractivity contribution < 1.29 is 9.90 Å². The Morgan fingerprint density at radius 1 is 1.29 bits per heavy atom. The Labute approximate surface area is 130 Å². The number of aliphatic hydroxyl groups is 1. The molecule has 3 unspecified atom stereocenters. The second kappa shape index (κ2) is 5.10. The third-order valence-corrected chi connectivity index (χ3v) is 6.71. The average Bonchev–Trinajstić information content (AvgIpc) is 2.97. The van der Waals surface area contributed by atoms with Gasteiger partial charge >= 0.3 is 0 Å². The molecule has 21 heavy (non-hydrogen) atoms. The minimum Gasteiger partial charge on any atom is -0.393 e. The number of carbonyl (C=O) groups excluding carboxylic acids is 1. The van der Waals surface area contributed by atoms with Gasteiger partial charge in [0.25, 0.3) is 5.91 Å². The number of thiophene rings is 1. The lowest BCUT2D eigenvalue weighted by molar-refractivity contribution is 0.0290. The van der Waals surface area contributed by atoms with Crippen LogP contribution in [0.4, 0.5) is 0 Å². The Hall–Kier alpha value is -0.870. The molecule has 1 N–H and O–H groups in total. The van der Waals surface area contributed by atoms with E-state index in [4.69, 9.17) is 0 Å². The van der Waals surface area contributed by atoms with Crippen LogP contribution in [-0.4, -0.2) is 34.1 Å². The van der Waals surface area contributed by atoms with E-state index in [9.17, 15) is 9.90 Å². The van der Waals surface area contributed by atoms with Crippen LogP contribution in [0.2, 0.25) is 0 Å². The summed E-state index contributed by atoms with van der Waals surface area (Å²) in [5.41, 5.74) is 1.41. The number of piperidine rings is 1. The molecule has 0 aromatic carbocycles. The summed E-state index contributed by atoms with van der Waals surface area (Å²) in [6.45, 7) is 2.30. The fraction of sp³-hybridized carbons (Fsp3) is 0.706. The molecule has 3 aliphatic rings. The predicted octanol–water partition coefficient (Wildman–Crippen LogP) is 3.00.